The largest absolute Gasteiger partial charge is 0.393 e. The van der Waals surface area contributed by atoms with E-state index < -0.39 is 5.60 Å². The molecule has 0 amide bonds. The molecule has 15 heavy (non-hydrogen) atoms. The second-order valence-electron chi connectivity index (χ2n) is 4.21. The van der Waals surface area contributed by atoms with Gasteiger partial charge in [-0.25, -0.2) is 0 Å². The van der Waals surface area contributed by atoms with E-state index >= 15 is 0 Å². The van der Waals surface area contributed by atoms with Gasteiger partial charge < -0.3 is 15.5 Å². The van der Waals surface area contributed by atoms with E-state index in [1.807, 2.05) is 0 Å². The smallest absolute Gasteiger partial charge is 0.0973 e. The van der Waals surface area contributed by atoms with Crippen molar-refractivity contribution in [3.05, 3.63) is 21.9 Å². The fourth-order valence-electron chi connectivity index (χ4n) is 1.22. The number of hydrogen-bond donors (Lipinski definition) is 3. The molecule has 0 saturated heterocycles. The van der Waals surface area contributed by atoms with Crippen molar-refractivity contribution in [3.63, 3.8) is 0 Å². The standard InChI is InChI=1S/C11H19NO2S/c1-8-4-5-10(15-8)9(2)12-6-11(3,14)7-13/h4-5,9,12-14H,6-7H2,1-3H3. The van der Waals surface area contributed by atoms with Crippen LogP contribution in [0.5, 0.6) is 0 Å². The molecule has 3 nitrogen and oxygen atoms in total. The van der Waals surface area contributed by atoms with Crippen molar-refractivity contribution in [2.24, 2.45) is 0 Å². The second kappa shape index (κ2) is 5.07. The number of aliphatic hydroxyl groups is 2. The average Bonchev–Trinajstić information content (AvgIpc) is 2.61. The maximum Gasteiger partial charge on any atom is 0.0973 e. The zero-order valence-electron chi connectivity index (χ0n) is 9.45. The van der Waals surface area contributed by atoms with Gasteiger partial charge in [-0.3, -0.25) is 0 Å². The van der Waals surface area contributed by atoms with Crippen molar-refractivity contribution in [3.8, 4) is 0 Å². The van der Waals surface area contributed by atoms with Gasteiger partial charge in [0.1, 0.15) is 0 Å². The quantitative estimate of drug-likeness (QED) is 0.716. The van der Waals surface area contributed by atoms with E-state index in [0.717, 1.165) is 0 Å². The van der Waals surface area contributed by atoms with Crippen LogP contribution in [-0.2, 0) is 0 Å². The molecule has 0 aromatic carbocycles. The predicted octanol–water partition coefficient (Wildman–Crippen LogP) is 1.45. The van der Waals surface area contributed by atoms with Gasteiger partial charge in [0, 0.05) is 22.3 Å². The molecule has 0 bridgehead atoms. The summed E-state index contributed by atoms with van der Waals surface area (Å²) in [6, 6.07) is 4.38. The Morgan fingerprint density at radius 1 is 1.53 bits per heavy atom. The van der Waals surface area contributed by atoms with Crippen molar-refractivity contribution in [1.82, 2.24) is 5.32 Å². The summed E-state index contributed by atoms with van der Waals surface area (Å²) >= 11 is 1.75. The summed E-state index contributed by atoms with van der Waals surface area (Å²) in [6.45, 7) is 5.91. The minimum atomic E-state index is -1.04. The van der Waals surface area contributed by atoms with E-state index in [4.69, 9.17) is 5.11 Å². The Labute approximate surface area is 94.8 Å². The molecular formula is C11H19NO2S. The Bertz CT molecular complexity index is 309. The first-order chi connectivity index (χ1) is 6.94. The van der Waals surface area contributed by atoms with E-state index in [0.29, 0.717) is 6.54 Å². The van der Waals surface area contributed by atoms with Crippen LogP contribution in [0.15, 0.2) is 12.1 Å². The molecule has 0 aliphatic heterocycles. The molecule has 0 fully saturated rings. The maximum atomic E-state index is 9.62. The molecule has 0 saturated carbocycles. The summed E-state index contributed by atoms with van der Waals surface area (Å²) in [4.78, 5) is 2.54. The van der Waals surface area contributed by atoms with Crippen LogP contribution in [0.4, 0.5) is 0 Å². The van der Waals surface area contributed by atoms with Crippen molar-refractivity contribution in [1.29, 1.82) is 0 Å². The molecule has 1 aromatic heterocycles. The van der Waals surface area contributed by atoms with Gasteiger partial charge in [0.15, 0.2) is 0 Å². The van der Waals surface area contributed by atoms with Crippen LogP contribution in [-0.4, -0.2) is 29.0 Å². The normalized spacial score (nSPS) is 17.4. The Morgan fingerprint density at radius 2 is 2.20 bits per heavy atom. The molecule has 1 heterocycles. The van der Waals surface area contributed by atoms with Gasteiger partial charge in [-0.15, -0.1) is 11.3 Å². The van der Waals surface area contributed by atoms with Crippen LogP contribution in [0.2, 0.25) is 0 Å². The highest BCUT2D eigenvalue weighted by Gasteiger charge is 2.20. The number of nitrogens with one attached hydrogen (secondary N) is 1. The summed E-state index contributed by atoms with van der Waals surface area (Å²) in [5.74, 6) is 0. The molecule has 4 heteroatoms. The zero-order chi connectivity index (χ0) is 11.5. The van der Waals surface area contributed by atoms with Crippen LogP contribution in [0, 0.1) is 6.92 Å². The maximum absolute atomic E-state index is 9.62. The van der Waals surface area contributed by atoms with Crippen LogP contribution in [0.3, 0.4) is 0 Å². The number of aryl methyl sites for hydroxylation is 1. The van der Waals surface area contributed by atoms with E-state index in [1.54, 1.807) is 18.3 Å². The molecule has 0 spiro atoms. The van der Waals surface area contributed by atoms with Crippen molar-refractivity contribution >= 4 is 11.3 Å². The van der Waals surface area contributed by atoms with Gasteiger partial charge >= 0.3 is 0 Å². The minimum Gasteiger partial charge on any atom is -0.393 e. The Balaban J connectivity index is 2.46. The molecule has 86 valence electrons. The molecule has 2 atom stereocenters. The van der Waals surface area contributed by atoms with Crippen LogP contribution in [0.1, 0.15) is 29.6 Å². The average molecular weight is 229 g/mol. The molecule has 1 aromatic rings. The van der Waals surface area contributed by atoms with Gasteiger partial charge in [0.2, 0.25) is 0 Å². The summed E-state index contributed by atoms with van der Waals surface area (Å²) in [5.41, 5.74) is -1.04. The minimum absolute atomic E-state index is 0.210. The van der Waals surface area contributed by atoms with E-state index in [-0.39, 0.29) is 12.6 Å². The van der Waals surface area contributed by atoms with E-state index in [9.17, 15) is 5.11 Å². The lowest BCUT2D eigenvalue weighted by atomic mass is 10.1. The lowest BCUT2D eigenvalue weighted by Crippen LogP contribution is -2.41. The first kappa shape index (κ1) is 12.6. The topological polar surface area (TPSA) is 52.5 Å². The van der Waals surface area contributed by atoms with Crippen LogP contribution >= 0.6 is 11.3 Å². The molecule has 0 radical (unpaired) electrons. The summed E-state index contributed by atoms with van der Waals surface area (Å²) in [6.07, 6.45) is 0. The van der Waals surface area contributed by atoms with Crippen LogP contribution < -0.4 is 5.32 Å². The third-order valence-electron chi connectivity index (χ3n) is 2.32. The molecule has 0 aliphatic carbocycles. The Kier molecular flexibility index (Phi) is 4.28. The second-order valence-corrected chi connectivity index (χ2v) is 5.53. The summed E-state index contributed by atoms with van der Waals surface area (Å²) in [5, 5.41) is 21.7. The van der Waals surface area contributed by atoms with E-state index in [2.05, 4.69) is 31.3 Å². The zero-order valence-corrected chi connectivity index (χ0v) is 10.3. The molecular weight excluding hydrogens is 210 g/mol. The van der Waals surface area contributed by atoms with Gasteiger partial charge in [0.05, 0.1) is 12.2 Å². The first-order valence-electron chi connectivity index (χ1n) is 5.07. The molecule has 3 N–H and O–H groups in total. The van der Waals surface area contributed by atoms with Gasteiger partial charge in [-0.1, -0.05) is 0 Å². The first-order valence-corrected chi connectivity index (χ1v) is 5.89. The van der Waals surface area contributed by atoms with E-state index in [1.165, 1.54) is 9.75 Å². The third-order valence-corrected chi connectivity index (χ3v) is 3.50. The van der Waals surface area contributed by atoms with Gasteiger partial charge in [-0.05, 0) is 32.9 Å². The highest BCUT2D eigenvalue weighted by atomic mass is 32.1. The van der Waals surface area contributed by atoms with Crippen LogP contribution in [0.25, 0.3) is 0 Å². The van der Waals surface area contributed by atoms with Crippen molar-refractivity contribution < 1.29 is 10.2 Å². The van der Waals surface area contributed by atoms with Crippen molar-refractivity contribution in [2.75, 3.05) is 13.2 Å². The number of hydrogen-bond acceptors (Lipinski definition) is 4. The SMILES string of the molecule is Cc1ccc(C(C)NCC(C)(O)CO)s1. The highest BCUT2D eigenvalue weighted by Crippen LogP contribution is 2.22. The lowest BCUT2D eigenvalue weighted by molar-refractivity contribution is 0.00112. The molecule has 2 unspecified atom stereocenters. The van der Waals surface area contributed by atoms with Gasteiger partial charge in [-0.2, -0.15) is 0 Å². The number of rotatable bonds is 5. The third kappa shape index (κ3) is 3.91. The molecule has 1 rings (SSSR count). The fraction of sp³-hybridized carbons (Fsp3) is 0.636. The highest BCUT2D eigenvalue weighted by molar-refractivity contribution is 7.12. The number of aliphatic hydroxyl groups excluding tert-OH is 1. The summed E-state index contributed by atoms with van der Waals surface area (Å²) < 4.78 is 0. The predicted molar refractivity (Wildman–Crippen MR) is 63.2 cm³/mol. The van der Waals surface area contributed by atoms with Crippen molar-refractivity contribution in [2.45, 2.75) is 32.4 Å². The monoisotopic (exact) mass is 229 g/mol. The lowest BCUT2D eigenvalue weighted by Gasteiger charge is -2.23. The summed E-state index contributed by atoms with van der Waals surface area (Å²) in [7, 11) is 0. The molecule has 0 aliphatic rings. The van der Waals surface area contributed by atoms with Gasteiger partial charge in [0.25, 0.3) is 0 Å². The Morgan fingerprint density at radius 3 is 2.67 bits per heavy atom. The Hall–Kier alpha value is -0.420. The number of thiophene rings is 1. The fourth-order valence-corrected chi connectivity index (χ4v) is 2.12.